The van der Waals surface area contributed by atoms with E-state index in [0.717, 1.165) is 30.3 Å². The van der Waals surface area contributed by atoms with Gasteiger partial charge in [-0.1, -0.05) is 35.3 Å². The molecule has 76 valence electrons. The summed E-state index contributed by atoms with van der Waals surface area (Å²) in [6, 6.07) is 7.80. The fourth-order valence-electron chi connectivity index (χ4n) is 1.63. The van der Waals surface area contributed by atoms with Gasteiger partial charge in [-0.25, -0.2) is 0 Å². The number of halogens is 2. The summed E-state index contributed by atoms with van der Waals surface area (Å²) in [6.07, 6.45) is 0. The van der Waals surface area contributed by atoms with Crippen molar-refractivity contribution in [3.63, 3.8) is 0 Å². The zero-order chi connectivity index (χ0) is 9.97. The molecule has 2 nitrogen and oxygen atoms in total. The van der Waals surface area contributed by atoms with Crippen LogP contribution in [-0.2, 0) is 0 Å². The largest absolute Gasteiger partial charge is 0.352 e. The van der Waals surface area contributed by atoms with E-state index >= 15 is 0 Å². The van der Waals surface area contributed by atoms with Gasteiger partial charge in [-0.3, -0.25) is 0 Å². The summed E-state index contributed by atoms with van der Waals surface area (Å²) < 4.78 is 0. The van der Waals surface area contributed by atoms with Crippen molar-refractivity contribution >= 4 is 28.9 Å². The van der Waals surface area contributed by atoms with Crippen LogP contribution in [0.4, 0.5) is 5.69 Å². The number of alkyl halides is 1. The molecule has 0 radical (unpaired) electrons. The smallest absolute Gasteiger partial charge is 0.116 e. The maximum absolute atomic E-state index is 6.19. The summed E-state index contributed by atoms with van der Waals surface area (Å²) in [5, 5.41) is 4.00. The van der Waals surface area contributed by atoms with Crippen LogP contribution in [0, 0.1) is 0 Å². The van der Waals surface area contributed by atoms with Crippen molar-refractivity contribution in [1.29, 1.82) is 0 Å². The number of benzene rings is 1. The number of para-hydroxylation sites is 1. The Morgan fingerprint density at radius 1 is 1.36 bits per heavy atom. The molecule has 4 heteroatoms. The minimum absolute atomic E-state index is 0.0105. The lowest BCUT2D eigenvalue weighted by Crippen LogP contribution is -2.48. The normalized spacial score (nSPS) is 22.4. The predicted molar refractivity (Wildman–Crippen MR) is 61.3 cm³/mol. The molecule has 1 aliphatic rings. The van der Waals surface area contributed by atoms with Gasteiger partial charge in [-0.15, -0.1) is 0 Å². The number of piperazine rings is 1. The van der Waals surface area contributed by atoms with Crippen LogP contribution in [0.5, 0.6) is 0 Å². The molecule has 1 aromatic rings. The van der Waals surface area contributed by atoms with Gasteiger partial charge < -0.3 is 10.2 Å². The third kappa shape index (κ3) is 1.97. The topological polar surface area (TPSA) is 15.3 Å². The first kappa shape index (κ1) is 10.1. The van der Waals surface area contributed by atoms with Crippen LogP contribution in [0.1, 0.15) is 0 Å². The fraction of sp³-hybridized carbons (Fsp3) is 0.400. The Balaban J connectivity index is 2.25. The Morgan fingerprint density at radius 3 is 2.86 bits per heavy atom. The standard InChI is InChI=1S/C10H12Cl2N2/c11-8-3-1-2-4-9(8)14-6-5-13-7-10(14)12/h1-4,10,13H,5-7H2. The molecule has 0 saturated carbocycles. The molecule has 1 fully saturated rings. The molecule has 2 rings (SSSR count). The first-order chi connectivity index (χ1) is 6.79. The SMILES string of the molecule is Clc1ccccc1N1CCNCC1Cl. The molecule has 1 saturated heterocycles. The minimum atomic E-state index is -0.0105. The fourth-order valence-corrected chi connectivity index (χ4v) is 2.18. The molecule has 0 aromatic heterocycles. The lowest BCUT2D eigenvalue weighted by molar-refractivity contribution is 0.559. The summed E-state index contributed by atoms with van der Waals surface area (Å²) in [5.41, 5.74) is 1.01. The van der Waals surface area contributed by atoms with Crippen LogP contribution in [0.15, 0.2) is 24.3 Å². The highest BCUT2D eigenvalue weighted by molar-refractivity contribution is 6.33. The van der Waals surface area contributed by atoms with Gasteiger partial charge in [-0.05, 0) is 12.1 Å². The van der Waals surface area contributed by atoms with E-state index in [-0.39, 0.29) is 5.50 Å². The van der Waals surface area contributed by atoms with Crippen molar-refractivity contribution in [2.24, 2.45) is 0 Å². The summed E-state index contributed by atoms with van der Waals surface area (Å²) in [4.78, 5) is 2.13. The highest BCUT2D eigenvalue weighted by Gasteiger charge is 2.21. The molecule has 0 spiro atoms. The third-order valence-electron chi connectivity index (χ3n) is 2.34. The quantitative estimate of drug-likeness (QED) is 0.589. The van der Waals surface area contributed by atoms with E-state index in [4.69, 9.17) is 23.2 Å². The summed E-state index contributed by atoms with van der Waals surface area (Å²) in [5.74, 6) is 0. The van der Waals surface area contributed by atoms with E-state index in [1.165, 1.54) is 0 Å². The Morgan fingerprint density at radius 2 is 2.14 bits per heavy atom. The van der Waals surface area contributed by atoms with E-state index in [1.807, 2.05) is 24.3 Å². The maximum atomic E-state index is 6.19. The minimum Gasteiger partial charge on any atom is -0.352 e. The summed E-state index contributed by atoms with van der Waals surface area (Å²) >= 11 is 12.3. The van der Waals surface area contributed by atoms with Gasteiger partial charge in [0.15, 0.2) is 0 Å². The molecule has 0 bridgehead atoms. The number of hydrogen-bond donors (Lipinski definition) is 1. The molecule has 0 amide bonds. The van der Waals surface area contributed by atoms with Gasteiger partial charge in [0.1, 0.15) is 5.50 Å². The molecule has 14 heavy (non-hydrogen) atoms. The second-order valence-electron chi connectivity index (χ2n) is 3.28. The Labute approximate surface area is 93.8 Å². The first-order valence-corrected chi connectivity index (χ1v) is 5.46. The molecule has 1 atom stereocenters. The number of hydrogen-bond acceptors (Lipinski definition) is 2. The van der Waals surface area contributed by atoms with Crippen LogP contribution in [0.3, 0.4) is 0 Å². The Hall–Kier alpha value is -0.440. The highest BCUT2D eigenvalue weighted by Crippen LogP contribution is 2.28. The van der Waals surface area contributed by atoms with Crippen LogP contribution in [-0.4, -0.2) is 25.1 Å². The zero-order valence-corrected chi connectivity index (χ0v) is 9.22. The van der Waals surface area contributed by atoms with Crippen molar-refractivity contribution in [3.8, 4) is 0 Å². The van der Waals surface area contributed by atoms with Crippen LogP contribution in [0.2, 0.25) is 5.02 Å². The average molecular weight is 231 g/mol. The molecule has 1 N–H and O–H groups in total. The predicted octanol–water partition coefficient (Wildman–Crippen LogP) is 2.31. The van der Waals surface area contributed by atoms with Crippen molar-refractivity contribution in [2.45, 2.75) is 5.50 Å². The van der Waals surface area contributed by atoms with Gasteiger partial charge >= 0.3 is 0 Å². The van der Waals surface area contributed by atoms with Crippen LogP contribution in [0.25, 0.3) is 0 Å². The molecule has 1 heterocycles. The zero-order valence-electron chi connectivity index (χ0n) is 7.71. The van der Waals surface area contributed by atoms with E-state index < -0.39 is 0 Å². The molecule has 1 aromatic carbocycles. The lowest BCUT2D eigenvalue weighted by Gasteiger charge is -2.34. The second kappa shape index (κ2) is 4.39. The molecular formula is C10H12Cl2N2. The number of rotatable bonds is 1. The number of nitrogens with one attached hydrogen (secondary N) is 1. The van der Waals surface area contributed by atoms with Gasteiger partial charge in [0.2, 0.25) is 0 Å². The van der Waals surface area contributed by atoms with Gasteiger partial charge in [0, 0.05) is 19.6 Å². The van der Waals surface area contributed by atoms with Gasteiger partial charge in [0.05, 0.1) is 10.7 Å². The maximum Gasteiger partial charge on any atom is 0.116 e. The van der Waals surface area contributed by atoms with Crippen molar-refractivity contribution in [3.05, 3.63) is 29.3 Å². The van der Waals surface area contributed by atoms with Gasteiger partial charge in [-0.2, -0.15) is 0 Å². The number of anilines is 1. The monoisotopic (exact) mass is 230 g/mol. The third-order valence-corrected chi connectivity index (χ3v) is 3.05. The summed E-state index contributed by atoms with van der Waals surface area (Å²) in [6.45, 7) is 2.65. The van der Waals surface area contributed by atoms with Crippen LogP contribution >= 0.6 is 23.2 Å². The lowest BCUT2D eigenvalue weighted by atomic mass is 10.2. The second-order valence-corrected chi connectivity index (χ2v) is 4.19. The Bertz CT molecular complexity index is 317. The molecule has 1 aliphatic heterocycles. The molecule has 0 aliphatic carbocycles. The van der Waals surface area contributed by atoms with Crippen molar-refractivity contribution in [1.82, 2.24) is 5.32 Å². The molecule has 1 unspecified atom stereocenters. The van der Waals surface area contributed by atoms with E-state index in [9.17, 15) is 0 Å². The van der Waals surface area contributed by atoms with E-state index in [2.05, 4.69) is 10.2 Å². The Kier molecular flexibility index (Phi) is 3.16. The first-order valence-electron chi connectivity index (χ1n) is 4.65. The summed E-state index contributed by atoms with van der Waals surface area (Å²) in [7, 11) is 0. The molecular weight excluding hydrogens is 219 g/mol. The van der Waals surface area contributed by atoms with E-state index in [1.54, 1.807) is 0 Å². The number of nitrogens with zero attached hydrogens (tertiary/aromatic N) is 1. The van der Waals surface area contributed by atoms with Crippen LogP contribution < -0.4 is 10.2 Å². The highest BCUT2D eigenvalue weighted by atomic mass is 35.5. The average Bonchev–Trinajstić information content (AvgIpc) is 2.20. The van der Waals surface area contributed by atoms with Crippen molar-refractivity contribution in [2.75, 3.05) is 24.5 Å². The van der Waals surface area contributed by atoms with Crippen molar-refractivity contribution < 1.29 is 0 Å². The van der Waals surface area contributed by atoms with E-state index in [0.29, 0.717) is 0 Å². The van der Waals surface area contributed by atoms with Gasteiger partial charge in [0.25, 0.3) is 0 Å².